The average molecular weight is 371 g/mol. The Morgan fingerprint density at radius 2 is 1.89 bits per heavy atom. The summed E-state index contributed by atoms with van der Waals surface area (Å²) in [7, 11) is 1.48. The van der Waals surface area contributed by atoms with Crippen LogP contribution >= 0.6 is 22.6 Å². The van der Waals surface area contributed by atoms with Gasteiger partial charge in [0.1, 0.15) is 11.6 Å². The molecule has 98 valence electrons. The zero-order chi connectivity index (χ0) is 13.8. The number of benzene rings is 2. The van der Waals surface area contributed by atoms with E-state index in [1.54, 1.807) is 12.1 Å². The Hall–Kier alpha value is -1.63. The van der Waals surface area contributed by atoms with Crippen LogP contribution in [0, 0.1) is 9.39 Å². The summed E-state index contributed by atoms with van der Waals surface area (Å²) in [5.41, 5.74) is 0.575. The topological polar surface area (TPSA) is 38.3 Å². The molecule has 0 aromatic heterocycles. The molecule has 0 bridgehead atoms. The summed E-state index contributed by atoms with van der Waals surface area (Å²) in [5.74, 6) is -0.373. The van der Waals surface area contributed by atoms with Crippen LogP contribution in [-0.2, 0) is 0 Å². The number of anilines is 1. The molecule has 0 aliphatic rings. The zero-order valence-electron chi connectivity index (χ0n) is 10.1. The molecular weight excluding hydrogens is 360 g/mol. The van der Waals surface area contributed by atoms with Gasteiger partial charge >= 0.3 is 0 Å². The lowest BCUT2D eigenvalue weighted by Gasteiger charge is -2.08. The second-order valence-electron chi connectivity index (χ2n) is 3.81. The third kappa shape index (κ3) is 3.44. The summed E-state index contributed by atoms with van der Waals surface area (Å²) < 4.78 is 19.6. The number of rotatable bonds is 3. The lowest BCUT2D eigenvalue weighted by atomic mass is 10.2. The molecule has 0 unspecified atom stereocenters. The predicted octanol–water partition coefficient (Wildman–Crippen LogP) is 3.69. The number of ether oxygens (including phenoxy) is 1. The van der Waals surface area contributed by atoms with Crippen LogP contribution in [0.2, 0.25) is 0 Å². The van der Waals surface area contributed by atoms with Crippen LogP contribution in [0.5, 0.6) is 5.75 Å². The summed E-state index contributed by atoms with van der Waals surface area (Å²) in [4.78, 5) is 12.0. The van der Waals surface area contributed by atoms with Crippen molar-refractivity contribution in [3.8, 4) is 5.75 Å². The van der Waals surface area contributed by atoms with Gasteiger partial charge < -0.3 is 10.1 Å². The van der Waals surface area contributed by atoms with E-state index in [2.05, 4.69) is 27.9 Å². The van der Waals surface area contributed by atoms with Crippen molar-refractivity contribution in [2.24, 2.45) is 0 Å². The molecule has 0 aliphatic heterocycles. The molecule has 3 nitrogen and oxygen atoms in total. The maximum absolute atomic E-state index is 13.6. The van der Waals surface area contributed by atoms with Crippen molar-refractivity contribution in [3.05, 3.63) is 57.4 Å². The Morgan fingerprint density at radius 3 is 2.53 bits per heavy atom. The van der Waals surface area contributed by atoms with Gasteiger partial charge in [0, 0.05) is 15.2 Å². The van der Waals surface area contributed by atoms with Crippen LogP contribution in [0.4, 0.5) is 10.1 Å². The molecule has 19 heavy (non-hydrogen) atoms. The van der Waals surface area contributed by atoms with Gasteiger partial charge in [-0.15, -0.1) is 0 Å². The van der Waals surface area contributed by atoms with E-state index in [9.17, 15) is 9.18 Å². The SMILES string of the molecule is COc1ccc(F)c(NC(=O)c2ccc(I)cc2)c1. The Morgan fingerprint density at radius 1 is 1.21 bits per heavy atom. The summed E-state index contributed by atoms with van der Waals surface area (Å²) in [6, 6.07) is 11.2. The summed E-state index contributed by atoms with van der Waals surface area (Å²) >= 11 is 2.15. The first-order valence-electron chi connectivity index (χ1n) is 5.50. The first-order valence-corrected chi connectivity index (χ1v) is 6.58. The molecule has 0 spiro atoms. The van der Waals surface area contributed by atoms with Gasteiger partial charge in [-0.05, 0) is 59.0 Å². The van der Waals surface area contributed by atoms with Crippen molar-refractivity contribution >= 4 is 34.2 Å². The monoisotopic (exact) mass is 371 g/mol. The minimum atomic E-state index is -0.500. The minimum absolute atomic E-state index is 0.0999. The summed E-state index contributed by atoms with van der Waals surface area (Å²) in [6.07, 6.45) is 0. The average Bonchev–Trinajstić information content (AvgIpc) is 2.42. The number of hydrogen-bond donors (Lipinski definition) is 1. The molecule has 0 radical (unpaired) electrons. The van der Waals surface area contributed by atoms with E-state index >= 15 is 0 Å². The number of carbonyl (C=O) groups excluding carboxylic acids is 1. The number of halogens is 2. The van der Waals surface area contributed by atoms with Gasteiger partial charge in [0.05, 0.1) is 12.8 Å². The second kappa shape index (κ2) is 6.01. The molecule has 0 saturated carbocycles. The van der Waals surface area contributed by atoms with E-state index in [4.69, 9.17) is 4.74 Å². The number of carbonyl (C=O) groups is 1. The van der Waals surface area contributed by atoms with Crippen molar-refractivity contribution < 1.29 is 13.9 Å². The van der Waals surface area contributed by atoms with E-state index < -0.39 is 5.82 Å². The normalized spacial score (nSPS) is 10.1. The molecule has 2 aromatic carbocycles. The van der Waals surface area contributed by atoms with Crippen molar-refractivity contribution in [1.29, 1.82) is 0 Å². The third-order valence-corrected chi connectivity index (χ3v) is 3.25. The Labute approximate surface area is 123 Å². The molecule has 0 heterocycles. The highest BCUT2D eigenvalue weighted by atomic mass is 127. The molecule has 2 aromatic rings. The van der Waals surface area contributed by atoms with Crippen LogP contribution < -0.4 is 10.1 Å². The number of hydrogen-bond acceptors (Lipinski definition) is 2. The van der Waals surface area contributed by atoms with Crippen LogP contribution in [0.3, 0.4) is 0 Å². The van der Waals surface area contributed by atoms with Crippen molar-refractivity contribution in [3.63, 3.8) is 0 Å². The maximum Gasteiger partial charge on any atom is 0.255 e. The standard InChI is InChI=1S/C14H11FINO2/c1-19-11-6-7-12(15)13(8-11)17-14(18)9-2-4-10(16)5-3-9/h2-8H,1H3,(H,17,18). The molecule has 0 atom stereocenters. The van der Waals surface area contributed by atoms with Gasteiger partial charge in [0.2, 0.25) is 0 Å². The minimum Gasteiger partial charge on any atom is -0.497 e. The van der Waals surface area contributed by atoms with E-state index in [0.717, 1.165) is 3.57 Å². The third-order valence-electron chi connectivity index (χ3n) is 2.53. The molecule has 0 fully saturated rings. The van der Waals surface area contributed by atoms with E-state index in [-0.39, 0.29) is 11.6 Å². The maximum atomic E-state index is 13.6. The van der Waals surface area contributed by atoms with Crippen LogP contribution in [0.25, 0.3) is 0 Å². The highest BCUT2D eigenvalue weighted by molar-refractivity contribution is 14.1. The molecule has 2 rings (SSSR count). The molecular formula is C14H11FINO2. The highest BCUT2D eigenvalue weighted by Gasteiger charge is 2.10. The highest BCUT2D eigenvalue weighted by Crippen LogP contribution is 2.21. The van der Waals surface area contributed by atoms with E-state index in [1.165, 1.54) is 25.3 Å². The van der Waals surface area contributed by atoms with Crippen molar-refractivity contribution in [2.75, 3.05) is 12.4 Å². The molecule has 1 N–H and O–H groups in total. The Kier molecular flexibility index (Phi) is 4.36. The Balaban J connectivity index is 2.21. The largest absolute Gasteiger partial charge is 0.497 e. The first kappa shape index (κ1) is 13.8. The fourth-order valence-corrected chi connectivity index (χ4v) is 1.88. The Bertz CT molecular complexity index is 599. The lowest BCUT2D eigenvalue weighted by Crippen LogP contribution is -2.13. The predicted molar refractivity (Wildman–Crippen MR) is 80.1 cm³/mol. The van der Waals surface area contributed by atoms with E-state index in [0.29, 0.717) is 11.3 Å². The summed E-state index contributed by atoms with van der Waals surface area (Å²) in [5, 5.41) is 2.52. The van der Waals surface area contributed by atoms with Crippen molar-refractivity contribution in [2.45, 2.75) is 0 Å². The van der Waals surface area contributed by atoms with E-state index in [1.807, 2.05) is 12.1 Å². The quantitative estimate of drug-likeness (QED) is 0.836. The molecule has 0 aliphatic carbocycles. The van der Waals surface area contributed by atoms with Gasteiger partial charge in [-0.2, -0.15) is 0 Å². The van der Waals surface area contributed by atoms with Gasteiger partial charge in [-0.1, -0.05) is 0 Å². The first-order chi connectivity index (χ1) is 9.10. The van der Waals surface area contributed by atoms with Crippen molar-refractivity contribution in [1.82, 2.24) is 0 Å². The summed E-state index contributed by atoms with van der Waals surface area (Å²) in [6.45, 7) is 0. The zero-order valence-corrected chi connectivity index (χ0v) is 12.3. The number of methoxy groups -OCH3 is 1. The fraction of sp³-hybridized carbons (Fsp3) is 0.0714. The van der Waals surface area contributed by atoms with Gasteiger partial charge in [0.15, 0.2) is 0 Å². The number of nitrogens with one attached hydrogen (secondary N) is 1. The smallest absolute Gasteiger partial charge is 0.255 e. The molecule has 5 heteroatoms. The van der Waals surface area contributed by atoms with Crippen LogP contribution in [0.15, 0.2) is 42.5 Å². The second-order valence-corrected chi connectivity index (χ2v) is 5.05. The molecule has 0 saturated heterocycles. The fourth-order valence-electron chi connectivity index (χ4n) is 1.52. The van der Waals surface area contributed by atoms with Crippen LogP contribution in [-0.4, -0.2) is 13.0 Å². The van der Waals surface area contributed by atoms with Gasteiger partial charge in [-0.25, -0.2) is 4.39 Å². The molecule has 1 amide bonds. The van der Waals surface area contributed by atoms with Gasteiger partial charge in [-0.3, -0.25) is 4.79 Å². The van der Waals surface area contributed by atoms with Crippen LogP contribution in [0.1, 0.15) is 10.4 Å². The number of amides is 1. The van der Waals surface area contributed by atoms with Gasteiger partial charge in [0.25, 0.3) is 5.91 Å². The lowest BCUT2D eigenvalue weighted by molar-refractivity contribution is 0.102.